The van der Waals surface area contributed by atoms with Crippen molar-refractivity contribution in [3.8, 4) is 0 Å². The van der Waals surface area contributed by atoms with E-state index in [1.807, 2.05) is 11.8 Å². The number of benzene rings is 1. The molecule has 1 aromatic carbocycles. The van der Waals surface area contributed by atoms with E-state index in [4.69, 9.17) is 5.73 Å². The van der Waals surface area contributed by atoms with Crippen LogP contribution in [-0.2, 0) is 0 Å². The van der Waals surface area contributed by atoms with E-state index in [0.29, 0.717) is 6.04 Å². The minimum atomic E-state index is 0. The summed E-state index contributed by atoms with van der Waals surface area (Å²) in [7, 11) is 0. The van der Waals surface area contributed by atoms with Gasteiger partial charge in [-0.1, -0.05) is 24.6 Å². The summed E-state index contributed by atoms with van der Waals surface area (Å²) in [5.74, 6) is 1.03. The van der Waals surface area contributed by atoms with Crippen LogP contribution in [0.4, 0.5) is 0 Å². The predicted molar refractivity (Wildman–Crippen MR) is 87.3 cm³/mol. The zero-order valence-electron chi connectivity index (χ0n) is 11.5. The van der Waals surface area contributed by atoms with Crippen molar-refractivity contribution in [1.82, 2.24) is 4.90 Å². The minimum Gasteiger partial charge on any atom is -0.327 e. The maximum Gasteiger partial charge on any atom is 0.0146 e. The number of rotatable bonds is 6. The molecule has 1 aromatic rings. The first-order valence-corrected chi connectivity index (χ1v) is 7.99. The van der Waals surface area contributed by atoms with E-state index in [0.717, 1.165) is 12.2 Å². The van der Waals surface area contributed by atoms with Crippen LogP contribution in [-0.4, -0.2) is 36.3 Å². The first-order chi connectivity index (χ1) is 8.84. The number of nitrogens with two attached hydrogens (primary N) is 1. The highest BCUT2D eigenvalue weighted by Gasteiger charge is 2.11. The van der Waals surface area contributed by atoms with Gasteiger partial charge in [0, 0.05) is 16.7 Å². The molecule has 1 aliphatic heterocycles. The quantitative estimate of drug-likeness (QED) is 0.817. The van der Waals surface area contributed by atoms with Gasteiger partial charge in [0.15, 0.2) is 0 Å². The molecule has 2 rings (SSSR count). The third kappa shape index (κ3) is 6.66. The van der Waals surface area contributed by atoms with Crippen LogP contribution >= 0.6 is 24.2 Å². The molecule has 0 aliphatic carbocycles. The summed E-state index contributed by atoms with van der Waals surface area (Å²) in [6.45, 7) is 3.73. The number of nitrogens with zero attached hydrogens (tertiary/aromatic N) is 1. The van der Waals surface area contributed by atoms with Crippen molar-refractivity contribution in [2.24, 2.45) is 5.73 Å². The summed E-state index contributed by atoms with van der Waals surface area (Å²) >= 11 is 1.87. The molecule has 19 heavy (non-hydrogen) atoms. The lowest BCUT2D eigenvalue weighted by atomic mass is 10.1. The molecule has 0 amide bonds. The van der Waals surface area contributed by atoms with Gasteiger partial charge in [-0.25, -0.2) is 0 Å². The number of piperidine rings is 1. The van der Waals surface area contributed by atoms with Crippen LogP contribution in [0.5, 0.6) is 0 Å². The highest BCUT2D eigenvalue weighted by atomic mass is 35.5. The SMILES string of the molecule is Cl.N[C@H](CCN1CCCCC1)CSc1ccccc1. The lowest BCUT2D eigenvalue weighted by Gasteiger charge is -2.27. The molecule has 0 spiro atoms. The summed E-state index contributed by atoms with van der Waals surface area (Å²) in [6, 6.07) is 10.9. The van der Waals surface area contributed by atoms with Crippen LogP contribution in [0.15, 0.2) is 35.2 Å². The normalized spacial score (nSPS) is 17.7. The van der Waals surface area contributed by atoms with Crippen molar-refractivity contribution in [3.05, 3.63) is 30.3 Å². The second-order valence-electron chi connectivity index (χ2n) is 5.08. The van der Waals surface area contributed by atoms with E-state index in [1.54, 1.807) is 0 Å². The Kier molecular flexibility index (Phi) is 8.55. The monoisotopic (exact) mass is 300 g/mol. The molecule has 108 valence electrons. The smallest absolute Gasteiger partial charge is 0.0146 e. The van der Waals surface area contributed by atoms with Crippen LogP contribution in [0, 0.1) is 0 Å². The number of likely N-dealkylation sites (tertiary alicyclic amines) is 1. The van der Waals surface area contributed by atoms with Gasteiger partial charge in [0.25, 0.3) is 0 Å². The van der Waals surface area contributed by atoms with Crippen molar-refractivity contribution in [2.45, 2.75) is 36.6 Å². The molecule has 2 N–H and O–H groups in total. The fraction of sp³-hybridized carbons (Fsp3) is 0.600. The van der Waals surface area contributed by atoms with Gasteiger partial charge < -0.3 is 10.6 Å². The van der Waals surface area contributed by atoms with Gasteiger partial charge in [-0.05, 0) is 51.0 Å². The Balaban J connectivity index is 0.00000180. The Morgan fingerprint density at radius 2 is 1.79 bits per heavy atom. The Morgan fingerprint density at radius 3 is 2.47 bits per heavy atom. The second kappa shape index (κ2) is 9.65. The molecule has 0 unspecified atom stereocenters. The van der Waals surface area contributed by atoms with E-state index in [2.05, 4.69) is 35.2 Å². The van der Waals surface area contributed by atoms with E-state index >= 15 is 0 Å². The van der Waals surface area contributed by atoms with Gasteiger partial charge in [-0.15, -0.1) is 24.2 Å². The van der Waals surface area contributed by atoms with Crippen LogP contribution < -0.4 is 5.73 Å². The maximum atomic E-state index is 6.19. The average Bonchev–Trinajstić information content (AvgIpc) is 2.45. The van der Waals surface area contributed by atoms with Crippen LogP contribution in [0.3, 0.4) is 0 Å². The highest BCUT2D eigenvalue weighted by molar-refractivity contribution is 7.99. The van der Waals surface area contributed by atoms with Gasteiger partial charge in [0.05, 0.1) is 0 Å². The molecule has 1 saturated heterocycles. The first kappa shape index (κ1) is 16.8. The van der Waals surface area contributed by atoms with Gasteiger partial charge in [-0.2, -0.15) is 0 Å². The summed E-state index contributed by atoms with van der Waals surface area (Å²) in [5.41, 5.74) is 6.19. The zero-order chi connectivity index (χ0) is 12.6. The van der Waals surface area contributed by atoms with Gasteiger partial charge in [0.2, 0.25) is 0 Å². The Labute approximate surface area is 127 Å². The largest absolute Gasteiger partial charge is 0.327 e. The predicted octanol–water partition coefficient (Wildman–Crippen LogP) is 3.40. The fourth-order valence-electron chi connectivity index (χ4n) is 2.33. The average molecular weight is 301 g/mol. The van der Waals surface area contributed by atoms with E-state index in [9.17, 15) is 0 Å². The zero-order valence-corrected chi connectivity index (χ0v) is 13.1. The second-order valence-corrected chi connectivity index (χ2v) is 6.17. The van der Waals surface area contributed by atoms with E-state index in [1.165, 1.54) is 43.8 Å². The van der Waals surface area contributed by atoms with Gasteiger partial charge in [0.1, 0.15) is 0 Å². The summed E-state index contributed by atoms with van der Waals surface area (Å²) in [6.07, 6.45) is 5.27. The maximum absolute atomic E-state index is 6.19. The van der Waals surface area contributed by atoms with Crippen molar-refractivity contribution < 1.29 is 0 Å². The van der Waals surface area contributed by atoms with E-state index in [-0.39, 0.29) is 12.4 Å². The third-order valence-electron chi connectivity index (χ3n) is 3.47. The summed E-state index contributed by atoms with van der Waals surface area (Å²) < 4.78 is 0. The lowest BCUT2D eigenvalue weighted by Crippen LogP contribution is -2.35. The summed E-state index contributed by atoms with van der Waals surface area (Å²) in [4.78, 5) is 3.89. The molecule has 1 aliphatic rings. The van der Waals surface area contributed by atoms with E-state index < -0.39 is 0 Å². The number of hydrogen-bond acceptors (Lipinski definition) is 3. The molecule has 1 heterocycles. The molecule has 2 nitrogen and oxygen atoms in total. The van der Waals surface area contributed by atoms with Crippen molar-refractivity contribution in [1.29, 1.82) is 0 Å². The number of halogens is 1. The van der Waals surface area contributed by atoms with Crippen LogP contribution in [0.1, 0.15) is 25.7 Å². The Bertz CT molecular complexity index is 328. The van der Waals surface area contributed by atoms with Gasteiger partial charge in [-0.3, -0.25) is 0 Å². The van der Waals surface area contributed by atoms with Crippen molar-refractivity contribution in [3.63, 3.8) is 0 Å². The molecular weight excluding hydrogens is 276 g/mol. The molecule has 4 heteroatoms. The highest BCUT2D eigenvalue weighted by Crippen LogP contribution is 2.18. The molecule has 0 saturated carbocycles. The molecule has 0 radical (unpaired) electrons. The molecular formula is C15H25ClN2S. The first-order valence-electron chi connectivity index (χ1n) is 7.00. The Hall–Kier alpha value is -0.220. The van der Waals surface area contributed by atoms with Gasteiger partial charge >= 0.3 is 0 Å². The molecule has 0 aromatic heterocycles. The molecule has 0 bridgehead atoms. The number of thioether (sulfide) groups is 1. The number of hydrogen-bond donors (Lipinski definition) is 1. The topological polar surface area (TPSA) is 29.3 Å². The molecule has 1 fully saturated rings. The third-order valence-corrected chi connectivity index (χ3v) is 4.67. The Morgan fingerprint density at radius 1 is 1.11 bits per heavy atom. The van der Waals surface area contributed by atoms with Crippen LogP contribution in [0.25, 0.3) is 0 Å². The van der Waals surface area contributed by atoms with Crippen molar-refractivity contribution in [2.75, 3.05) is 25.4 Å². The van der Waals surface area contributed by atoms with Crippen LogP contribution in [0.2, 0.25) is 0 Å². The minimum absolute atomic E-state index is 0. The lowest BCUT2D eigenvalue weighted by molar-refractivity contribution is 0.222. The van der Waals surface area contributed by atoms with Crippen molar-refractivity contribution >= 4 is 24.2 Å². The summed E-state index contributed by atoms with van der Waals surface area (Å²) in [5, 5.41) is 0. The molecule has 1 atom stereocenters. The standard InChI is InChI=1S/C15H24N2S.ClH/c16-14(9-12-17-10-5-2-6-11-17)13-18-15-7-3-1-4-8-15;/h1,3-4,7-8,14H,2,5-6,9-13,16H2;1H/t14-;/m1./s1. The fourth-order valence-corrected chi connectivity index (χ4v) is 3.26.